The van der Waals surface area contributed by atoms with E-state index in [0.717, 1.165) is 54.8 Å². The van der Waals surface area contributed by atoms with E-state index >= 15 is 0 Å². The van der Waals surface area contributed by atoms with E-state index in [1.807, 2.05) is 0 Å². The van der Waals surface area contributed by atoms with E-state index < -0.39 is 11.9 Å². The number of fused-ring (bicyclic) bond motifs is 5. The van der Waals surface area contributed by atoms with Gasteiger partial charge in [-0.2, -0.15) is 0 Å². The van der Waals surface area contributed by atoms with Crippen molar-refractivity contribution in [2.75, 3.05) is 38.3 Å². The van der Waals surface area contributed by atoms with Gasteiger partial charge in [-0.1, -0.05) is 65.5 Å². The summed E-state index contributed by atoms with van der Waals surface area (Å²) in [5, 5.41) is 5.63. The molecule has 0 aromatic heterocycles. The minimum absolute atomic E-state index is 0.0383. The number of hydrogen-bond donors (Lipinski definition) is 3. The van der Waals surface area contributed by atoms with E-state index in [-0.39, 0.29) is 42.2 Å². The Bertz CT molecular complexity index is 1100. The van der Waals surface area contributed by atoms with Crippen LogP contribution in [0.3, 0.4) is 0 Å². The first-order valence-electron chi connectivity index (χ1n) is 18.7. The zero-order valence-electron chi connectivity index (χ0n) is 30.2. The number of allylic oxidation sites excluding steroid dienone is 1. The van der Waals surface area contributed by atoms with Crippen molar-refractivity contribution in [1.29, 1.82) is 0 Å². The maximum Gasteiger partial charge on any atom is 0.308 e. The largest absolute Gasteiger partial charge is 0.462 e. The van der Waals surface area contributed by atoms with Gasteiger partial charge in [0.2, 0.25) is 11.8 Å². The van der Waals surface area contributed by atoms with Crippen molar-refractivity contribution in [1.82, 2.24) is 10.6 Å². The highest BCUT2D eigenvalue weighted by molar-refractivity contribution is 8.00. The predicted molar refractivity (Wildman–Crippen MR) is 191 cm³/mol. The third-order valence-corrected chi connectivity index (χ3v) is 13.8. The topological polar surface area (TPSA) is 120 Å². The molecule has 0 aliphatic heterocycles. The van der Waals surface area contributed by atoms with Gasteiger partial charge in [-0.25, -0.2) is 0 Å². The number of amides is 2. The summed E-state index contributed by atoms with van der Waals surface area (Å²) in [4.78, 5) is 35.9. The second kappa shape index (κ2) is 17.4. The molecule has 0 bridgehead atoms. The molecule has 3 saturated carbocycles. The maximum absolute atomic E-state index is 12.7. The molecule has 3 fully saturated rings. The molecule has 4 aliphatic rings. The van der Waals surface area contributed by atoms with Crippen molar-refractivity contribution >= 4 is 29.5 Å². The van der Waals surface area contributed by atoms with Gasteiger partial charge in [0.15, 0.2) is 0 Å². The third-order valence-electron chi connectivity index (χ3n) is 12.8. The van der Waals surface area contributed by atoms with Gasteiger partial charge < -0.3 is 25.8 Å². The fourth-order valence-corrected chi connectivity index (χ4v) is 11.1. The number of nitrogens with two attached hydrogens (primary N) is 1. The second-order valence-electron chi connectivity index (χ2n) is 16.1. The van der Waals surface area contributed by atoms with Crippen LogP contribution in [-0.2, 0) is 23.9 Å². The van der Waals surface area contributed by atoms with Crippen LogP contribution >= 0.6 is 11.8 Å². The molecule has 4 unspecified atom stereocenters. The van der Waals surface area contributed by atoms with E-state index in [9.17, 15) is 14.4 Å². The summed E-state index contributed by atoms with van der Waals surface area (Å²) in [6.45, 7) is 13.4. The van der Waals surface area contributed by atoms with Crippen molar-refractivity contribution in [3.63, 3.8) is 0 Å². The Hall–Kier alpha value is -1.58. The Labute approximate surface area is 289 Å². The minimum atomic E-state index is -0.451. The van der Waals surface area contributed by atoms with Gasteiger partial charge in [-0.05, 0) is 98.3 Å². The summed E-state index contributed by atoms with van der Waals surface area (Å²) in [5.41, 5.74) is 7.59. The number of primary amides is 1. The molecule has 0 radical (unpaired) electrons. The van der Waals surface area contributed by atoms with Crippen LogP contribution in [0.4, 0.5) is 0 Å². The zero-order valence-corrected chi connectivity index (χ0v) is 31.1. The Balaban J connectivity index is 1.16. The number of ether oxygens (including phenoxy) is 2. The molecule has 0 saturated heterocycles. The molecule has 4 aliphatic carbocycles. The van der Waals surface area contributed by atoms with Crippen LogP contribution in [-0.4, -0.2) is 68.2 Å². The fourth-order valence-electron chi connectivity index (χ4n) is 10.1. The second-order valence-corrected chi connectivity index (χ2v) is 17.1. The minimum Gasteiger partial charge on any atom is -0.462 e. The number of rotatable bonds is 18. The van der Waals surface area contributed by atoms with Crippen molar-refractivity contribution in [3.05, 3.63) is 11.6 Å². The number of thioether (sulfide) groups is 1. The van der Waals surface area contributed by atoms with Crippen molar-refractivity contribution in [2.45, 2.75) is 124 Å². The Morgan fingerprint density at radius 3 is 2.55 bits per heavy atom. The predicted octanol–water partition coefficient (Wildman–Crippen LogP) is 6.27. The van der Waals surface area contributed by atoms with Crippen LogP contribution in [0.25, 0.3) is 0 Å². The normalized spacial score (nSPS) is 32.8. The van der Waals surface area contributed by atoms with Gasteiger partial charge in [0.05, 0.1) is 31.4 Å². The Morgan fingerprint density at radius 2 is 1.83 bits per heavy atom. The van der Waals surface area contributed by atoms with Crippen LogP contribution in [0, 0.1) is 46.3 Å². The smallest absolute Gasteiger partial charge is 0.308 e. The van der Waals surface area contributed by atoms with Crippen LogP contribution in [0.5, 0.6) is 0 Å². The van der Waals surface area contributed by atoms with E-state index in [1.165, 1.54) is 63.1 Å². The molecule has 268 valence electrons. The standard InChI is InChI=1S/C38H65N3O5S/c1-25(2)8-7-9-26(3)30-12-13-31-29-11-10-27-22-28(14-17-37(27,4)32(29)15-18-38(30,31)5)46-35(43)16-20-45-21-19-41-34(42)24-47-23-33(40-6)36(39)44/h10,25-26,28-33,40H,7-9,11-24H2,1-6H3,(H2,39,44)(H,41,42)/t26-,28+,29?,30-,31?,32?,33+,37?,38-/m1/s1. The summed E-state index contributed by atoms with van der Waals surface area (Å²) >= 11 is 1.35. The van der Waals surface area contributed by atoms with Gasteiger partial charge in [0.1, 0.15) is 6.10 Å². The molecule has 0 spiro atoms. The fraction of sp³-hybridized carbons (Fsp3) is 0.868. The van der Waals surface area contributed by atoms with Gasteiger partial charge in [-0.15, -0.1) is 11.8 Å². The summed E-state index contributed by atoms with van der Waals surface area (Å²) in [5.74, 6) is 4.89. The van der Waals surface area contributed by atoms with E-state index in [1.54, 1.807) is 12.6 Å². The summed E-state index contributed by atoms with van der Waals surface area (Å²) in [6.07, 6.45) is 16.6. The van der Waals surface area contributed by atoms with Crippen molar-refractivity contribution < 1.29 is 23.9 Å². The highest BCUT2D eigenvalue weighted by atomic mass is 32.2. The van der Waals surface area contributed by atoms with Gasteiger partial charge in [0.25, 0.3) is 0 Å². The quantitative estimate of drug-likeness (QED) is 0.0890. The first-order chi connectivity index (χ1) is 22.4. The zero-order chi connectivity index (χ0) is 34.2. The molecule has 9 heteroatoms. The molecule has 0 heterocycles. The average molecular weight is 676 g/mol. The lowest BCUT2D eigenvalue weighted by Crippen LogP contribution is -2.51. The van der Waals surface area contributed by atoms with Crippen molar-refractivity contribution in [3.8, 4) is 0 Å². The van der Waals surface area contributed by atoms with Gasteiger partial charge in [-0.3, -0.25) is 14.4 Å². The molecule has 8 nitrogen and oxygen atoms in total. The average Bonchev–Trinajstić information content (AvgIpc) is 3.38. The lowest BCUT2D eigenvalue weighted by Gasteiger charge is -2.58. The van der Waals surface area contributed by atoms with Crippen LogP contribution in [0.1, 0.15) is 112 Å². The summed E-state index contributed by atoms with van der Waals surface area (Å²) in [6, 6.07) is -0.451. The van der Waals surface area contributed by atoms with Crippen LogP contribution < -0.4 is 16.4 Å². The molecule has 4 rings (SSSR count). The molecular formula is C38H65N3O5S. The molecular weight excluding hydrogens is 611 g/mol. The lowest BCUT2D eigenvalue weighted by molar-refractivity contribution is -0.152. The highest BCUT2D eigenvalue weighted by Gasteiger charge is 2.59. The molecule has 4 N–H and O–H groups in total. The first kappa shape index (κ1) is 38.2. The van der Waals surface area contributed by atoms with E-state index in [2.05, 4.69) is 51.3 Å². The highest BCUT2D eigenvalue weighted by Crippen LogP contribution is 2.67. The monoisotopic (exact) mass is 675 g/mol. The number of hydrogen-bond acceptors (Lipinski definition) is 7. The number of carbonyl (C=O) groups excluding carboxylic acids is 3. The summed E-state index contributed by atoms with van der Waals surface area (Å²) in [7, 11) is 1.67. The summed E-state index contributed by atoms with van der Waals surface area (Å²) < 4.78 is 11.5. The van der Waals surface area contributed by atoms with Gasteiger partial charge >= 0.3 is 5.97 Å². The van der Waals surface area contributed by atoms with Crippen LogP contribution in [0.15, 0.2) is 11.6 Å². The molecule has 9 atom stereocenters. The third kappa shape index (κ3) is 9.56. The first-order valence-corrected chi connectivity index (χ1v) is 19.8. The number of esters is 1. The SMILES string of the molecule is CN[C@@H](CSCC(=O)NCCOCCC(=O)O[C@H]1CCC2(C)C(=CCC3C2CC[C@@]2(C)C3CC[C@@H]2[C@H](C)CCCC(C)C)C1)C(N)=O. The number of carbonyl (C=O) groups is 3. The lowest BCUT2D eigenvalue weighted by atomic mass is 9.47. The van der Waals surface area contributed by atoms with E-state index in [0.29, 0.717) is 24.3 Å². The molecule has 47 heavy (non-hydrogen) atoms. The number of nitrogens with one attached hydrogen (secondary N) is 2. The Morgan fingerprint density at radius 1 is 1.04 bits per heavy atom. The van der Waals surface area contributed by atoms with Gasteiger partial charge in [0, 0.05) is 18.7 Å². The van der Waals surface area contributed by atoms with E-state index in [4.69, 9.17) is 15.2 Å². The maximum atomic E-state index is 12.7. The molecule has 0 aromatic carbocycles. The Kier molecular flexibility index (Phi) is 14.1. The van der Waals surface area contributed by atoms with Crippen molar-refractivity contribution in [2.24, 2.45) is 52.1 Å². The molecule has 0 aromatic rings. The number of likely N-dealkylation sites (N-methyl/N-ethyl adjacent to an activating group) is 1. The van der Waals surface area contributed by atoms with Crippen LogP contribution in [0.2, 0.25) is 0 Å². The molecule has 2 amide bonds.